The summed E-state index contributed by atoms with van der Waals surface area (Å²) in [4.78, 5) is 16.4. The molecular formula is C18H29N5O. The fraction of sp³-hybridized carbons (Fsp3) is 0.778. The van der Waals surface area contributed by atoms with E-state index in [1.54, 1.807) is 6.33 Å². The molecule has 4 heterocycles. The van der Waals surface area contributed by atoms with Crippen molar-refractivity contribution in [3.63, 3.8) is 0 Å². The molecule has 3 fully saturated rings. The Kier molecular flexibility index (Phi) is 4.96. The number of aryl methyl sites for hydroxylation is 1. The summed E-state index contributed by atoms with van der Waals surface area (Å²) in [6, 6.07) is 2.11. The van der Waals surface area contributed by atoms with Gasteiger partial charge in [0.05, 0.1) is 6.61 Å². The highest BCUT2D eigenvalue weighted by molar-refractivity contribution is 5.40. The number of hydrogen-bond acceptors (Lipinski definition) is 6. The average Bonchev–Trinajstić information content (AvgIpc) is 3.02. The SMILES string of the molecule is Cc1cc(N2CC3CN(CCN4CCCOCC4)CC3C2)ncn1. The van der Waals surface area contributed by atoms with Gasteiger partial charge in [0.15, 0.2) is 0 Å². The Morgan fingerprint density at radius 1 is 1.00 bits per heavy atom. The molecular weight excluding hydrogens is 302 g/mol. The first-order chi connectivity index (χ1) is 11.8. The van der Waals surface area contributed by atoms with Crippen molar-refractivity contribution in [3.8, 4) is 0 Å². The minimum atomic E-state index is 0.799. The first-order valence-electron chi connectivity index (χ1n) is 9.34. The van der Waals surface area contributed by atoms with Crippen molar-refractivity contribution in [3.05, 3.63) is 18.1 Å². The second-order valence-electron chi connectivity index (χ2n) is 7.51. The van der Waals surface area contributed by atoms with Gasteiger partial charge in [-0.05, 0) is 25.2 Å². The lowest BCUT2D eigenvalue weighted by Gasteiger charge is -2.25. The van der Waals surface area contributed by atoms with Crippen LogP contribution in [-0.4, -0.2) is 85.3 Å². The summed E-state index contributed by atoms with van der Waals surface area (Å²) >= 11 is 0. The van der Waals surface area contributed by atoms with Gasteiger partial charge in [-0.15, -0.1) is 0 Å². The minimum absolute atomic E-state index is 0.799. The molecule has 1 aromatic rings. The topological polar surface area (TPSA) is 44.7 Å². The Bertz CT molecular complexity index is 532. The molecule has 24 heavy (non-hydrogen) atoms. The van der Waals surface area contributed by atoms with E-state index in [-0.39, 0.29) is 0 Å². The van der Waals surface area contributed by atoms with E-state index in [1.165, 1.54) is 39.1 Å². The normalized spacial score (nSPS) is 29.0. The standard InChI is InChI=1S/C18H29N5O/c1-15-9-18(20-14-19-15)23-12-16-10-22(11-17(16)13-23)5-4-21-3-2-7-24-8-6-21/h9,14,16-17H,2-8,10-13H2,1H3. The summed E-state index contributed by atoms with van der Waals surface area (Å²) < 4.78 is 5.55. The fourth-order valence-corrected chi connectivity index (χ4v) is 4.38. The number of hydrogen-bond donors (Lipinski definition) is 0. The maximum absolute atomic E-state index is 5.55. The van der Waals surface area contributed by atoms with Crippen molar-refractivity contribution in [2.75, 3.05) is 70.5 Å². The van der Waals surface area contributed by atoms with Gasteiger partial charge in [0.2, 0.25) is 0 Å². The molecule has 1 aromatic heterocycles. The van der Waals surface area contributed by atoms with Crippen LogP contribution in [-0.2, 0) is 4.74 Å². The number of likely N-dealkylation sites (tertiary alicyclic amines) is 1. The van der Waals surface area contributed by atoms with Gasteiger partial charge in [-0.25, -0.2) is 9.97 Å². The first kappa shape index (κ1) is 16.2. The summed E-state index contributed by atoms with van der Waals surface area (Å²) in [5.74, 6) is 2.70. The summed E-state index contributed by atoms with van der Waals surface area (Å²) in [5, 5.41) is 0. The first-order valence-corrected chi connectivity index (χ1v) is 9.34. The lowest BCUT2D eigenvalue weighted by atomic mass is 10.0. The highest BCUT2D eigenvalue weighted by atomic mass is 16.5. The van der Waals surface area contributed by atoms with Crippen LogP contribution in [0, 0.1) is 18.8 Å². The predicted molar refractivity (Wildman–Crippen MR) is 94.3 cm³/mol. The van der Waals surface area contributed by atoms with Crippen LogP contribution >= 0.6 is 0 Å². The molecule has 0 amide bonds. The van der Waals surface area contributed by atoms with Crippen molar-refractivity contribution in [1.29, 1.82) is 0 Å². The van der Waals surface area contributed by atoms with Gasteiger partial charge in [-0.2, -0.15) is 0 Å². The molecule has 6 nitrogen and oxygen atoms in total. The van der Waals surface area contributed by atoms with Crippen LogP contribution in [0.15, 0.2) is 12.4 Å². The summed E-state index contributed by atoms with van der Waals surface area (Å²) in [6.45, 7) is 13.4. The second-order valence-corrected chi connectivity index (χ2v) is 7.51. The molecule has 0 bridgehead atoms. The van der Waals surface area contributed by atoms with Crippen LogP contribution in [0.25, 0.3) is 0 Å². The number of fused-ring (bicyclic) bond motifs is 1. The van der Waals surface area contributed by atoms with Crippen molar-refractivity contribution in [2.45, 2.75) is 13.3 Å². The number of rotatable bonds is 4. The van der Waals surface area contributed by atoms with Gasteiger partial charge in [0.25, 0.3) is 0 Å². The zero-order chi connectivity index (χ0) is 16.4. The van der Waals surface area contributed by atoms with E-state index in [9.17, 15) is 0 Å². The lowest BCUT2D eigenvalue weighted by Crippen LogP contribution is -2.37. The monoisotopic (exact) mass is 331 g/mol. The third-order valence-corrected chi connectivity index (χ3v) is 5.72. The maximum Gasteiger partial charge on any atom is 0.132 e. The third kappa shape index (κ3) is 3.71. The summed E-state index contributed by atoms with van der Waals surface area (Å²) in [7, 11) is 0. The van der Waals surface area contributed by atoms with Crippen LogP contribution in [0.2, 0.25) is 0 Å². The van der Waals surface area contributed by atoms with Gasteiger partial charge < -0.3 is 14.5 Å². The highest BCUT2D eigenvalue weighted by Crippen LogP contribution is 2.33. The quantitative estimate of drug-likeness (QED) is 0.816. The number of anilines is 1. The van der Waals surface area contributed by atoms with E-state index < -0.39 is 0 Å². The summed E-state index contributed by atoms with van der Waals surface area (Å²) in [5.41, 5.74) is 1.06. The van der Waals surface area contributed by atoms with E-state index in [0.717, 1.165) is 56.2 Å². The molecule has 0 radical (unpaired) electrons. The van der Waals surface area contributed by atoms with Gasteiger partial charge in [-0.3, -0.25) is 4.90 Å². The molecule has 2 atom stereocenters. The van der Waals surface area contributed by atoms with E-state index in [1.807, 2.05) is 6.92 Å². The van der Waals surface area contributed by atoms with E-state index in [0.29, 0.717) is 0 Å². The third-order valence-electron chi connectivity index (χ3n) is 5.72. The van der Waals surface area contributed by atoms with Crippen LogP contribution in [0.1, 0.15) is 12.1 Å². The summed E-state index contributed by atoms with van der Waals surface area (Å²) in [6.07, 6.45) is 2.87. The van der Waals surface area contributed by atoms with Gasteiger partial charge in [0, 0.05) is 70.7 Å². The molecule has 6 heteroatoms. The zero-order valence-electron chi connectivity index (χ0n) is 14.7. The Morgan fingerprint density at radius 2 is 1.79 bits per heavy atom. The molecule has 132 valence electrons. The Hall–Kier alpha value is -1.24. The van der Waals surface area contributed by atoms with Crippen molar-refractivity contribution in [2.24, 2.45) is 11.8 Å². The average molecular weight is 331 g/mol. The number of ether oxygens (including phenoxy) is 1. The smallest absolute Gasteiger partial charge is 0.132 e. The largest absolute Gasteiger partial charge is 0.380 e. The van der Waals surface area contributed by atoms with Crippen LogP contribution in [0.5, 0.6) is 0 Å². The number of nitrogens with zero attached hydrogens (tertiary/aromatic N) is 5. The second kappa shape index (κ2) is 7.33. The van der Waals surface area contributed by atoms with Crippen molar-refractivity contribution >= 4 is 5.82 Å². The molecule has 0 N–H and O–H groups in total. The molecule has 2 unspecified atom stereocenters. The maximum atomic E-state index is 5.55. The molecule has 0 saturated carbocycles. The molecule has 3 saturated heterocycles. The van der Waals surface area contributed by atoms with Gasteiger partial charge >= 0.3 is 0 Å². The Morgan fingerprint density at radius 3 is 2.58 bits per heavy atom. The van der Waals surface area contributed by atoms with E-state index >= 15 is 0 Å². The van der Waals surface area contributed by atoms with E-state index in [2.05, 4.69) is 30.7 Å². The van der Waals surface area contributed by atoms with Crippen molar-refractivity contribution < 1.29 is 4.74 Å². The minimum Gasteiger partial charge on any atom is -0.380 e. The van der Waals surface area contributed by atoms with Crippen LogP contribution in [0.3, 0.4) is 0 Å². The number of aromatic nitrogens is 2. The fourth-order valence-electron chi connectivity index (χ4n) is 4.38. The predicted octanol–water partition coefficient (Wildman–Crippen LogP) is 0.875. The Labute approximate surface area is 144 Å². The Balaban J connectivity index is 1.25. The molecule has 4 rings (SSSR count). The lowest BCUT2D eigenvalue weighted by molar-refractivity contribution is 0.139. The molecule has 0 aliphatic carbocycles. The van der Waals surface area contributed by atoms with Crippen LogP contribution < -0.4 is 4.90 Å². The highest BCUT2D eigenvalue weighted by Gasteiger charge is 2.40. The molecule has 3 aliphatic rings. The zero-order valence-corrected chi connectivity index (χ0v) is 14.7. The van der Waals surface area contributed by atoms with Crippen LogP contribution in [0.4, 0.5) is 5.82 Å². The van der Waals surface area contributed by atoms with Crippen molar-refractivity contribution in [1.82, 2.24) is 19.8 Å². The molecule has 3 aliphatic heterocycles. The molecule has 0 aromatic carbocycles. The van der Waals surface area contributed by atoms with Gasteiger partial charge in [0.1, 0.15) is 12.1 Å². The van der Waals surface area contributed by atoms with E-state index in [4.69, 9.17) is 4.74 Å². The molecule has 0 spiro atoms. The van der Waals surface area contributed by atoms with Gasteiger partial charge in [-0.1, -0.05) is 0 Å².